The fraction of sp³-hybridized carbons (Fsp3) is 0. The third kappa shape index (κ3) is 3.44. The summed E-state index contributed by atoms with van der Waals surface area (Å²) in [5, 5.41) is 9.36. The summed E-state index contributed by atoms with van der Waals surface area (Å²) in [6, 6.07) is 12.2. The first-order chi connectivity index (χ1) is 7.16. The second-order valence-electron chi connectivity index (χ2n) is 3.40. The summed E-state index contributed by atoms with van der Waals surface area (Å²) in [6.07, 6.45) is 0. The number of benzene rings is 2. The predicted molar refractivity (Wildman–Crippen MR) is 76.9 cm³/mol. The average molecular weight is 273 g/mol. The summed E-state index contributed by atoms with van der Waals surface area (Å²) < 4.78 is 0. The topological polar surface area (TPSA) is 72.3 Å². The van der Waals surface area contributed by atoms with Crippen molar-refractivity contribution < 1.29 is 5.11 Å². The second-order valence-corrected chi connectivity index (χ2v) is 3.40. The number of nitrogens with two attached hydrogens (primary N) is 2. The molecule has 0 saturated heterocycles. The van der Waals surface area contributed by atoms with Crippen LogP contribution in [0.2, 0.25) is 0 Å². The van der Waals surface area contributed by atoms with E-state index in [0.717, 1.165) is 11.1 Å². The first kappa shape index (κ1) is 15.4. The summed E-state index contributed by atoms with van der Waals surface area (Å²) in [5.74, 6) is 0.217. The van der Waals surface area contributed by atoms with Gasteiger partial charge in [-0.05, 0) is 35.9 Å². The number of hydrogen-bond donors (Lipinski definition) is 3. The number of halogens is 2. The van der Waals surface area contributed by atoms with Crippen molar-refractivity contribution in [3.05, 3.63) is 42.5 Å². The van der Waals surface area contributed by atoms with E-state index >= 15 is 0 Å². The molecule has 2 rings (SSSR count). The lowest BCUT2D eigenvalue weighted by molar-refractivity contribution is 0.475. The van der Waals surface area contributed by atoms with Gasteiger partial charge in [0.25, 0.3) is 0 Å². The highest BCUT2D eigenvalue weighted by molar-refractivity contribution is 5.85. The summed E-state index contributed by atoms with van der Waals surface area (Å²) in [5.41, 5.74) is 14.5. The highest BCUT2D eigenvalue weighted by Gasteiger charge is 2.03. The molecule has 17 heavy (non-hydrogen) atoms. The zero-order valence-corrected chi connectivity index (χ0v) is 10.6. The van der Waals surface area contributed by atoms with Gasteiger partial charge in [-0.1, -0.05) is 12.1 Å². The third-order valence-corrected chi connectivity index (χ3v) is 2.23. The Morgan fingerprint density at radius 2 is 1.59 bits per heavy atom. The Morgan fingerprint density at radius 1 is 0.882 bits per heavy atom. The van der Waals surface area contributed by atoms with Crippen LogP contribution in [0.3, 0.4) is 0 Å². The van der Waals surface area contributed by atoms with E-state index in [0.29, 0.717) is 11.4 Å². The van der Waals surface area contributed by atoms with Crippen molar-refractivity contribution >= 4 is 36.2 Å². The molecule has 0 heterocycles. The molecular formula is C12H14Cl2N2O. The average Bonchev–Trinajstić information content (AvgIpc) is 2.22. The van der Waals surface area contributed by atoms with Gasteiger partial charge >= 0.3 is 0 Å². The summed E-state index contributed by atoms with van der Waals surface area (Å²) in [4.78, 5) is 0. The standard InChI is InChI=1S/C12H12N2O.2ClH/c13-9-4-5-12(14)11(7-9)8-2-1-3-10(15)6-8;;/h1-7,15H,13-14H2;2*1H. The van der Waals surface area contributed by atoms with Crippen molar-refractivity contribution in [3.63, 3.8) is 0 Å². The van der Waals surface area contributed by atoms with Crippen molar-refractivity contribution in [1.29, 1.82) is 0 Å². The Morgan fingerprint density at radius 3 is 2.24 bits per heavy atom. The van der Waals surface area contributed by atoms with Crippen LogP contribution in [0, 0.1) is 0 Å². The second kappa shape index (κ2) is 6.23. The summed E-state index contributed by atoms with van der Waals surface area (Å²) in [7, 11) is 0. The van der Waals surface area contributed by atoms with Crippen molar-refractivity contribution in [3.8, 4) is 16.9 Å². The zero-order chi connectivity index (χ0) is 10.8. The molecule has 3 nitrogen and oxygen atoms in total. The molecule has 0 fully saturated rings. The van der Waals surface area contributed by atoms with Gasteiger partial charge in [0.1, 0.15) is 5.75 Å². The van der Waals surface area contributed by atoms with E-state index in [-0.39, 0.29) is 30.6 Å². The number of rotatable bonds is 1. The number of hydrogen-bond acceptors (Lipinski definition) is 3. The lowest BCUT2D eigenvalue weighted by atomic mass is 10.0. The van der Waals surface area contributed by atoms with Crippen LogP contribution in [-0.4, -0.2) is 5.11 Å². The van der Waals surface area contributed by atoms with Crippen LogP contribution in [0.25, 0.3) is 11.1 Å². The Balaban J connectivity index is 0.00000128. The molecule has 0 unspecified atom stereocenters. The van der Waals surface area contributed by atoms with Gasteiger partial charge in [-0.25, -0.2) is 0 Å². The van der Waals surface area contributed by atoms with Gasteiger partial charge in [0, 0.05) is 16.9 Å². The molecule has 0 aliphatic carbocycles. The number of phenols is 1. The number of phenolic OH excluding ortho intramolecular Hbond substituents is 1. The lowest BCUT2D eigenvalue weighted by Crippen LogP contribution is -1.92. The van der Waals surface area contributed by atoms with Crippen LogP contribution >= 0.6 is 24.8 Å². The largest absolute Gasteiger partial charge is 0.508 e. The van der Waals surface area contributed by atoms with Gasteiger partial charge in [0.15, 0.2) is 0 Å². The maximum atomic E-state index is 9.36. The van der Waals surface area contributed by atoms with Crippen molar-refractivity contribution in [2.45, 2.75) is 0 Å². The lowest BCUT2D eigenvalue weighted by Gasteiger charge is -2.07. The highest BCUT2D eigenvalue weighted by Crippen LogP contribution is 2.29. The quantitative estimate of drug-likeness (QED) is 0.699. The highest BCUT2D eigenvalue weighted by atomic mass is 35.5. The molecule has 0 aliphatic rings. The van der Waals surface area contributed by atoms with Crippen molar-refractivity contribution in [1.82, 2.24) is 0 Å². The summed E-state index contributed by atoms with van der Waals surface area (Å²) in [6.45, 7) is 0. The van der Waals surface area contributed by atoms with Crippen molar-refractivity contribution in [2.24, 2.45) is 0 Å². The Hall–Kier alpha value is -1.58. The minimum atomic E-state index is 0. The maximum Gasteiger partial charge on any atom is 0.116 e. The molecule has 92 valence electrons. The van der Waals surface area contributed by atoms with E-state index in [4.69, 9.17) is 11.5 Å². The fourth-order valence-electron chi connectivity index (χ4n) is 1.50. The van der Waals surface area contributed by atoms with Gasteiger partial charge in [-0.15, -0.1) is 24.8 Å². The molecule has 0 aromatic heterocycles. The fourth-order valence-corrected chi connectivity index (χ4v) is 1.50. The molecule has 5 N–H and O–H groups in total. The SMILES string of the molecule is Cl.Cl.Nc1ccc(N)c(-c2cccc(O)c2)c1. The van der Waals surface area contributed by atoms with Crippen LogP contribution in [0.1, 0.15) is 0 Å². The monoisotopic (exact) mass is 272 g/mol. The van der Waals surface area contributed by atoms with E-state index in [9.17, 15) is 5.11 Å². The van der Waals surface area contributed by atoms with Crippen LogP contribution in [0.5, 0.6) is 5.75 Å². The van der Waals surface area contributed by atoms with E-state index in [2.05, 4.69) is 0 Å². The Bertz CT molecular complexity index is 504. The summed E-state index contributed by atoms with van der Waals surface area (Å²) >= 11 is 0. The van der Waals surface area contributed by atoms with E-state index in [1.165, 1.54) is 0 Å². The first-order valence-electron chi connectivity index (χ1n) is 4.61. The molecule has 0 aliphatic heterocycles. The van der Waals surface area contributed by atoms with Gasteiger partial charge < -0.3 is 16.6 Å². The normalized spacial score (nSPS) is 8.94. The smallest absolute Gasteiger partial charge is 0.116 e. The Labute approximate surface area is 112 Å². The van der Waals surface area contributed by atoms with Crippen LogP contribution in [0.4, 0.5) is 11.4 Å². The maximum absolute atomic E-state index is 9.36. The minimum Gasteiger partial charge on any atom is -0.508 e. The number of aromatic hydroxyl groups is 1. The zero-order valence-electron chi connectivity index (χ0n) is 8.96. The molecule has 0 bridgehead atoms. The molecule has 0 amide bonds. The van der Waals surface area contributed by atoms with E-state index < -0.39 is 0 Å². The molecule has 2 aromatic rings. The number of nitrogen functional groups attached to an aromatic ring is 2. The van der Waals surface area contributed by atoms with Crippen LogP contribution in [0.15, 0.2) is 42.5 Å². The van der Waals surface area contributed by atoms with E-state index in [1.54, 1.807) is 36.4 Å². The minimum absolute atomic E-state index is 0. The van der Waals surface area contributed by atoms with E-state index in [1.807, 2.05) is 6.07 Å². The molecule has 0 saturated carbocycles. The van der Waals surface area contributed by atoms with Gasteiger partial charge in [-0.3, -0.25) is 0 Å². The van der Waals surface area contributed by atoms with Crippen molar-refractivity contribution in [2.75, 3.05) is 11.5 Å². The molecule has 0 radical (unpaired) electrons. The number of anilines is 2. The van der Waals surface area contributed by atoms with Gasteiger partial charge in [-0.2, -0.15) is 0 Å². The van der Waals surface area contributed by atoms with Crippen LogP contribution < -0.4 is 11.5 Å². The molecule has 0 spiro atoms. The molecule has 5 heteroatoms. The predicted octanol–water partition coefficient (Wildman–Crippen LogP) is 3.07. The molecule has 0 atom stereocenters. The molecular weight excluding hydrogens is 259 g/mol. The Kier molecular flexibility index (Phi) is 5.65. The van der Waals surface area contributed by atoms with Crippen LogP contribution in [-0.2, 0) is 0 Å². The molecule has 2 aromatic carbocycles. The third-order valence-electron chi connectivity index (χ3n) is 2.23. The first-order valence-corrected chi connectivity index (χ1v) is 4.61. The van der Waals surface area contributed by atoms with Gasteiger partial charge in [0.05, 0.1) is 0 Å². The van der Waals surface area contributed by atoms with Gasteiger partial charge in [0.2, 0.25) is 0 Å².